The van der Waals surface area contributed by atoms with Gasteiger partial charge in [-0.2, -0.15) is 0 Å². The average molecular weight is 395 g/mol. The lowest BCUT2D eigenvalue weighted by molar-refractivity contribution is -0.140. The van der Waals surface area contributed by atoms with Crippen LogP contribution in [0, 0.1) is 0 Å². The summed E-state index contributed by atoms with van der Waals surface area (Å²) in [5, 5.41) is 0.822. The molecule has 0 radical (unpaired) electrons. The Balaban J connectivity index is 1.83. The maximum Gasteiger partial charge on any atom is 0.307 e. The van der Waals surface area contributed by atoms with E-state index in [1.54, 1.807) is 7.11 Å². The lowest BCUT2D eigenvalue weighted by Crippen LogP contribution is -2.32. The maximum absolute atomic E-state index is 14.3. The quantitative estimate of drug-likeness (QED) is 0.613. The molecule has 1 aliphatic heterocycles. The Morgan fingerprint density at radius 2 is 2.00 bits per heavy atom. The van der Waals surface area contributed by atoms with Gasteiger partial charge in [0, 0.05) is 23.4 Å². The Morgan fingerprint density at radius 3 is 2.79 bits per heavy atom. The van der Waals surface area contributed by atoms with Crippen molar-refractivity contribution in [1.82, 2.24) is 9.97 Å². The van der Waals surface area contributed by atoms with Crippen LogP contribution < -0.4 is 9.64 Å². The van der Waals surface area contributed by atoms with Gasteiger partial charge in [0.25, 0.3) is 0 Å². The van der Waals surface area contributed by atoms with Gasteiger partial charge >= 0.3 is 5.97 Å². The molecule has 29 heavy (non-hydrogen) atoms. The van der Waals surface area contributed by atoms with Gasteiger partial charge in [-0.1, -0.05) is 24.3 Å². The summed E-state index contributed by atoms with van der Waals surface area (Å²) in [6.45, 7) is 0.181. The van der Waals surface area contributed by atoms with E-state index >= 15 is 0 Å². The minimum atomic E-state index is -1.03. The largest absolute Gasteiger partial charge is 0.497 e. The summed E-state index contributed by atoms with van der Waals surface area (Å²) in [4.78, 5) is 23.2. The van der Waals surface area contributed by atoms with Gasteiger partial charge in [0.1, 0.15) is 17.7 Å². The monoisotopic (exact) mass is 395 g/mol. The molecule has 1 aliphatic rings. The number of carbonyl (C=O) groups is 1. The van der Waals surface area contributed by atoms with Crippen molar-refractivity contribution in [2.45, 2.75) is 25.1 Å². The molecule has 0 N–H and O–H groups in total. The molecule has 3 aromatic rings. The number of ether oxygens (including phenoxy) is 2. The van der Waals surface area contributed by atoms with Crippen molar-refractivity contribution < 1.29 is 18.7 Å². The molecule has 1 aromatic heterocycles. The molecule has 6 nitrogen and oxygen atoms in total. The van der Waals surface area contributed by atoms with Gasteiger partial charge < -0.3 is 14.4 Å². The fourth-order valence-electron chi connectivity index (χ4n) is 3.76. The second-order valence-electron chi connectivity index (χ2n) is 7.04. The molecule has 0 amide bonds. The van der Waals surface area contributed by atoms with Gasteiger partial charge in [-0.05, 0) is 24.3 Å². The van der Waals surface area contributed by atoms with Gasteiger partial charge in [0.2, 0.25) is 0 Å². The predicted octanol–water partition coefficient (Wildman–Crippen LogP) is 3.79. The number of carbonyl (C=O) groups excluding carboxylic acids is 1. The van der Waals surface area contributed by atoms with Crippen molar-refractivity contribution in [3.63, 3.8) is 0 Å². The molecule has 1 saturated heterocycles. The molecular weight excluding hydrogens is 373 g/mol. The Morgan fingerprint density at radius 1 is 1.17 bits per heavy atom. The van der Waals surface area contributed by atoms with E-state index in [9.17, 15) is 9.18 Å². The lowest BCUT2D eigenvalue weighted by atomic mass is 10.1. The molecule has 0 spiro atoms. The van der Waals surface area contributed by atoms with E-state index in [0.717, 1.165) is 16.5 Å². The minimum absolute atomic E-state index is 0.115. The zero-order valence-corrected chi connectivity index (χ0v) is 16.3. The van der Waals surface area contributed by atoms with Gasteiger partial charge in [-0.15, -0.1) is 0 Å². The van der Waals surface area contributed by atoms with Crippen molar-refractivity contribution in [3.8, 4) is 17.1 Å². The summed E-state index contributed by atoms with van der Waals surface area (Å²) in [6.07, 6.45) is -0.648. The highest BCUT2D eigenvalue weighted by Crippen LogP contribution is 2.34. The number of alkyl halides is 1. The van der Waals surface area contributed by atoms with E-state index in [2.05, 4.69) is 0 Å². The number of benzene rings is 2. The van der Waals surface area contributed by atoms with Crippen molar-refractivity contribution in [2.75, 3.05) is 25.7 Å². The van der Waals surface area contributed by atoms with Crippen LogP contribution in [0.1, 0.15) is 12.8 Å². The van der Waals surface area contributed by atoms with E-state index in [4.69, 9.17) is 19.4 Å². The number of methoxy groups -OCH3 is 2. The normalized spacial score (nSPS) is 18.8. The van der Waals surface area contributed by atoms with Crippen molar-refractivity contribution in [3.05, 3.63) is 48.5 Å². The number of fused-ring (bicyclic) bond motifs is 1. The van der Waals surface area contributed by atoms with E-state index in [0.29, 0.717) is 17.4 Å². The van der Waals surface area contributed by atoms with Gasteiger partial charge in [0.15, 0.2) is 5.82 Å². The molecule has 0 unspecified atom stereocenters. The molecule has 0 bridgehead atoms. The van der Waals surface area contributed by atoms with E-state index in [-0.39, 0.29) is 31.4 Å². The second kappa shape index (κ2) is 8.03. The lowest BCUT2D eigenvalue weighted by Gasteiger charge is -2.26. The van der Waals surface area contributed by atoms with Crippen LogP contribution >= 0.6 is 0 Å². The number of rotatable bonds is 5. The van der Waals surface area contributed by atoms with Gasteiger partial charge in [-0.3, -0.25) is 4.79 Å². The average Bonchev–Trinajstić information content (AvgIpc) is 3.12. The number of hydrogen-bond donors (Lipinski definition) is 0. The third-order valence-electron chi connectivity index (χ3n) is 5.18. The summed E-state index contributed by atoms with van der Waals surface area (Å²) < 4.78 is 24.4. The number of para-hydroxylation sites is 1. The third-order valence-corrected chi connectivity index (χ3v) is 5.18. The van der Waals surface area contributed by atoms with Crippen LogP contribution in [0.4, 0.5) is 10.2 Å². The predicted molar refractivity (Wildman–Crippen MR) is 109 cm³/mol. The molecule has 2 heterocycles. The van der Waals surface area contributed by atoms with Crippen molar-refractivity contribution in [2.24, 2.45) is 0 Å². The number of aromatic nitrogens is 2. The van der Waals surface area contributed by atoms with Crippen LogP contribution in [0.2, 0.25) is 0 Å². The Hall–Kier alpha value is -3.22. The highest BCUT2D eigenvalue weighted by Gasteiger charge is 2.35. The van der Waals surface area contributed by atoms with Crippen LogP contribution in [0.25, 0.3) is 22.3 Å². The summed E-state index contributed by atoms with van der Waals surface area (Å²) in [5.74, 6) is 1.49. The second-order valence-corrected chi connectivity index (χ2v) is 7.04. The Kier molecular flexibility index (Phi) is 5.29. The van der Waals surface area contributed by atoms with E-state index in [1.165, 1.54) is 7.11 Å². The molecule has 0 saturated carbocycles. The van der Waals surface area contributed by atoms with Crippen molar-refractivity contribution in [1.29, 1.82) is 0 Å². The number of esters is 1. The molecule has 150 valence electrons. The molecule has 7 heteroatoms. The molecule has 2 aromatic carbocycles. The highest BCUT2D eigenvalue weighted by molar-refractivity contribution is 5.91. The standard InChI is InChI=1S/C22H22FN3O3/c1-28-17-7-5-6-14(10-17)21-24-19-9-4-3-8-18(19)22(25-21)26-13-15(23)11-16(26)12-20(27)29-2/h3-10,15-16H,11-13H2,1-2H3/t15-,16+/m0/s1. The highest BCUT2D eigenvalue weighted by atomic mass is 19.1. The first-order valence-electron chi connectivity index (χ1n) is 9.47. The van der Waals surface area contributed by atoms with Crippen LogP contribution in [-0.2, 0) is 9.53 Å². The third kappa shape index (κ3) is 3.85. The molecule has 2 atom stereocenters. The Bertz CT molecular complexity index is 1040. The molecule has 4 rings (SSSR count). The fourth-order valence-corrected chi connectivity index (χ4v) is 3.76. The van der Waals surface area contributed by atoms with E-state index < -0.39 is 6.17 Å². The van der Waals surface area contributed by atoms with Gasteiger partial charge in [-0.25, -0.2) is 14.4 Å². The maximum atomic E-state index is 14.3. The SMILES string of the molecule is COC(=O)C[C@H]1C[C@H](F)CN1c1nc(-c2cccc(OC)c2)nc2ccccc12. The summed E-state index contributed by atoms with van der Waals surface area (Å²) in [5.41, 5.74) is 1.56. The first kappa shape index (κ1) is 19.1. The Labute approximate surface area is 168 Å². The molecular formula is C22H22FN3O3. The number of anilines is 1. The number of halogens is 1. The summed E-state index contributed by atoms with van der Waals surface area (Å²) in [7, 11) is 2.95. The molecule has 1 fully saturated rings. The first-order chi connectivity index (χ1) is 14.1. The van der Waals surface area contributed by atoms with Crippen LogP contribution in [-0.4, -0.2) is 48.9 Å². The summed E-state index contributed by atoms with van der Waals surface area (Å²) in [6, 6.07) is 14.8. The minimum Gasteiger partial charge on any atom is -0.497 e. The van der Waals surface area contributed by atoms with Crippen molar-refractivity contribution >= 4 is 22.7 Å². The van der Waals surface area contributed by atoms with Crippen LogP contribution in [0.5, 0.6) is 5.75 Å². The zero-order chi connectivity index (χ0) is 20.4. The molecule has 0 aliphatic carbocycles. The summed E-state index contributed by atoms with van der Waals surface area (Å²) >= 11 is 0. The fraction of sp³-hybridized carbons (Fsp3) is 0.318. The number of nitrogens with zero attached hydrogens (tertiary/aromatic N) is 3. The van der Waals surface area contributed by atoms with Crippen LogP contribution in [0.15, 0.2) is 48.5 Å². The van der Waals surface area contributed by atoms with Gasteiger partial charge in [0.05, 0.1) is 32.7 Å². The topological polar surface area (TPSA) is 64.5 Å². The van der Waals surface area contributed by atoms with Crippen LogP contribution in [0.3, 0.4) is 0 Å². The first-order valence-corrected chi connectivity index (χ1v) is 9.47. The zero-order valence-electron chi connectivity index (χ0n) is 16.3. The van der Waals surface area contributed by atoms with E-state index in [1.807, 2.05) is 53.4 Å². The smallest absolute Gasteiger partial charge is 0.307 e. The number of hydrogen-bond acceptors (Lipinski definition) is 6.